The minimum absolute atomic E-state index is 0.163. The molecule has 0 bridgehead atoms. The lowest BCUT2D eigenvalue weighted by atomic mass is 10.3. The van der Waals surface area contributed by atoms with Gasteiger partial charge in [0.2, 0.25) is 0 Å². The molecule has 0 spiro atoms. The number of nitrogens with two attached hydrogens (primary N) is 1. The Bertz CT molecular complexity index is 368. The van der Waals surface area contributed by atoms with Crippen molar-refractivity contribution in [2.75, 3.05) is 18.9 Å². The summed E-state index contributed by atoms with van der Waals surface area (Å²) in [6.45, 7) is 1.49. The molecule has 1 aliphatic rings. The van der Waals surface area contributed by atoms with E-state index in [9.17, 15) is 0 Å². The minimum Gasteiger partial charge on any atom is -0.395 e. The average molecular weight is 242 g/mol. The summed E-state index contributed by atoms with van der Waals surface area (Å²) in [7, 11) is 0. The zero-order chi connectivity index (χ0) is 11.5. The fraction of sp³-hybridized carbons (Fsp3) is 0.545. The number of anilines is 1. The molecular weight excluding hydrogens is 226 g/mol. The molecule has 5 heteroatoms. The van der Waals surface area contributed by atoms with Crippen LogP contribution in [0.1, 0.15) is 18.5 Å². The van der Waals surface area contributed by atoms with Crippen LogP contribution in [0, 0.1) is 0 Å². The van der Waals surface area contributed by atoms with Crippen molar-refractivity contribution in [3.05, 3.63) is 22.8 Å². The second-order valence-corrected chi connectivity index (χ2v) is 4.50. The highest BCUT2D eigenvalue weighted by Gasteiger charge is 2.29. The van der Waals surface area contributed by atoms with E-state index in [2.05, 4.69) is 9.88 Å². The van der Waals surface area contributed by atoms with Crippen LogP contribution >= 0.6 is 11.6 Å². The highest BCUT2D eigenvalue weighted by Crippen LogP contribution is 2.29. The summed E-state index contributed by atoms with van der Waals surface area (Å²) in [6, 6.07) is 4.04. The molecular formula is C11H16ClN3O. The number of nitrogen functional groups attached to an aromatic ring is 1. The summed E-state index contributed by atoms with van der Waals surface area (Å²) in [5.41, 5.74) is 6.42. The van der Waals surface area contributed by atoms with Crippen LogP contribution in [0.3, 0.4) is 0 Å². The van der Waals surface area contributed by atoms with Gasteiger partial charge in [-0.3, -0.25) is 4.90 Å². The highest BCUT2D eigenvalue weighted by atomic mass is 35.5. The van der Waals surface area contributed by atoms with Crippen molar-refractivity contribution in [2.24, 2.45) is 0 Å². The number of aromatic nitrogens is 1. The van der Waals surface area contributed by atoms with Crippen LogP contribution in [0.4, 0.5) is 5.82 Å². The zero-order valence-electron chi connectivity index (χ0n) is 9.06. The molecule has 0 aliphatic heterocycles. The Labute approximate surface area is 100 Å². The molecule has 1 aromatic rings. The molecule has 1 fully saturated rings. The van der Waals surface area contributed by atoms with Gasteiger partial charge in [-0.2, -0.15) is 0 Å². The van der Waals surface area contributed by atoms with Crippen LogP contribution in [0.5, 0.6) is 0 Å². The molecule has 1 saturated carbocycles. The largest absolute Gasteiger partial charge is 0.395 e. The Morgan fingerprint density at radius 3 is 2.88 bits per heavy atom. The number of hydrogen-bond donors (Lipinski definition) is 2. The first-order chi connectivity index (χ1) is 7.70. The average Bonchev–Trinajstić information content (AvgIpc) is 3.06. The number of aliphatic hydroxyl groups is 1. The predicted molar refractivity (Wildman–Crippen MR) is 64.2 cm³/mol. The van der Waals surface area contributed by atoms with Crippen molar-refractivity contribution in [1.29, 1.82) is 0 Å². The van der Waals surface area contributed by atoms with Crippen LogP contribution in [-0.4, -0.2) is 34.2 Å². The minimum atomic E-state index is 0.163. The third kappa shape index (κ3) is 2.84. The van der Waals surface area contributed by atoms with Gasteiger partial charge in [-0.1, -0.05) is 11.6 Å². The van der Waals surface area contributed by atoms with E-state index >= 15 is 0 Å². The van der Waals surface area contributed by atoms with E-state index in [1.165, 1.54) is 12.8 Å². The van der Waals surface area contributed by atoms with Gasteiger partial charge in [0, 0.05) is 19.1 Å². The zero-order valence-corrected chi connectivity index (χ0v) is 9.82. The van der Waals surface area contributed by atoms with Gasteiger partial charge in [0.15, 0.2) is 0 Å². The van der Waals surface area contributed by atoms with E-state index in [1.54, 1.807) is 12.1 Å². The molecule has 3 N–H and O–H groups in total. The van der Waals surface area contributed by atoms with Crippen molar-refractivity contribution in [3.63, 3.8) is 0 Å². The lowest BCUT2D eigenvalue weighted by Gasteiger charge is -2.20. The number of aliphatic hydroxyl groups excluding tert-OH is 1. The molecule has 0 aromatic carbocycles. The molecule has 4 nitrogen and oxygen atoms in total. The van der Waals surface area contributed by atoms with E-state index in [0.717, 1.165) is 5.69 Å². The molecule has 0 amide bonds. The molecule has 1 aromatic heterocycles. The number of rotatable bonds is 5. The fourth-order valence-electron chi connectivity index (χ4n) is 1.76. The van der Waals surface area contributed by atoms with E-state index in [0.29, 0.717) is 30.0 Å². The molecule has 88 valence electrons. The molecule has 2 rings (SSSR count). The third-order valence-electron chi connectivity index (χ3n) is 2.74. The number of hydrogen-bond acceptors (Lipinski definition) is 4. The summed E-state index contributed by atoms with van der Waals surface area (Å²) in [5, 5.41) is 9.63. The van der Waals surface area contributed by atoms with E-state index in [-0.39, 0.29) is 6.61 Å². The third-order valence-corrected chi connectivity index (χ3v) is 3.09. The van der Waals surface area contributed by atoms with Gasteiger partial charge in [0.1, 0.15) is 5.82 Å². The van der Waals surface area contributed by atoms with E-state index < -0.39 is 0 Å². The molecule has 1 aliphatic carbocycles. The van der Waals surface area contributed by atoms with Crippen molar-refractivity contribution in [1.82, 2.24) is 9.88 Å². The van der Waals surface area contributed by atoms with Crippen LogP contribution in [0.25, 0.3) is 0 Å². The smallest absolute Gasteiger partial charge is 0.123 e. The Morgan fingerprint density at radius 1 is 1.50 bits per heavy atom. The Balaban J connectivity index is 2.08. The maximum Gasteiger partial charge on any atom is 0.123 e. The maximum atomic E-state index is 9.00. The number of pyridine rings is 1. The molecule has 0 unspecified atom stereocenters. The van der Waals surface area contributed by atoms with Gasteiger partial charge in [0.05, 0.1) is 17.3 Å². The van der Waals surface area contributed by atoms with Crippen LogP contribution in [0.15, 0.2) is 12.1 Å². The van der Waals surface area contributed by atoms with Gasteiger partial charge in [0.25, 0.3) is 0 Å². The van der Waals surface area contributed by atoms with Crippen LogP contribution in [0.2, 0.25) is 5.02 Å². The van der Waals surface area contributed by atoms with Crippen molar-refractivity contribution < 1.29 is 5.11 Å². The number of nitrogens with zero attached hydrogens (tertiary/aromatic N) is 2. The summed E-state index contributed by atoms with van der Waals surface area (Å²) < 4.78 is 0. The van der Waals surface area contributed by atoms with Crippen LogP contribution in [-0.2, 0) is 6.54 Å². The first-order valence-corrected chi connectivity index (χ1v) is 5.84. The molecule has 16 heavy (non-hydrogen) atoms. The SMILES string of the molecule is Nc1ccc(Cl)c(CN(CCO)C2CC2)n1. The summed E-state index contributed by atoms with van der Waals surface area (Å²) in [6.07, 6.45) is 2.39. The van der Waals surface area contributed by atoms with Crippen LogP contribution < -0.4 is 5.73 Å². The quantitative estimate of drug-likeness (QED) is 0.815. The first-order valence-electron chi connectivity index (χ1n) is 5.46. The van der Waals surface area contributed by atoms with Gasteiger partial charge in [-0.15, -0.1) is 0 Å². The maximum absolute atomic E-state index is 9.00. The molecule has 0 saturated heterocycles. The lowest BCUT2D eigenvalue weighted by molar-refractivity contribution is 0.182. The first kappa shape index (κ1) is 11.6. The van der Waals surface area contributed by atoms with E-state index in [1.807, 2.05) is 0 Å². The fourth-order valence-corrected chi connectivity index (χ4v) is 1.93. The molecule has 1 heterocycles. The Hall–Kier alpha value is -0.840. The highest BCUT2D eigenvalue weighted by molar-refractivity contribution is 6.31. The van der Waals surface area contributed by atoms with Gasteiger partial charge in [-0.25, -0.2) is 4.98 Å². The standard InChI is InChI=1S/C11H16ClN3O/c12-9-3-4-11(13)14-10(9)7-15(5-6-16)8-1-2-8/h3-4,8,16H,1-2,5-7H2,(H2,13,14). The van der Waals surface area contributed by atoms with E-state index in [4.69, 9.17) is 22.4 Å². The summed E-state index contributed by atoms with van der Waals surface area (Å²) in [5.74, 6) is 0.485. The number of halogens is 1. The van der Waals surface area contributed by atoms with Crippen molar-refractivity contribution >= 4 is 17.4 Å². The monoisotopic (exact) mass is 241 g/mol. The van der Waals surface area contributed by atoms with Gasteiger partial charge >= 0.3 is 0 Å². The van der Waals surface area contributed by atoms with Gasteiger partial charge < -0.3 is 10.8 Å². The molecule has 0 atom stereocenters. The summed E-state index contributed by atoms with van der Waals surface area (Å²) in [4.78, 5) is 6.43. The lowest BCUT2D eigenvalue weighted by Crippen LogP contribution is -2.29. The Kier molecular flexibility index (Phi) is 3.63. The Morgan fingerprint density at radius 2 is 2.25 bits per heavy atom. The normalized spacial score (nSPS) is 15.7. The second kappa shape index (κ2) is 4.99. The summed E-state index contributed by atoms with van der Waals surface area (Å²) >= 11 is 6.06. The predicted octanol–water partition coefficient (Wildman–Crippen LogP) is 1.27. The van der Waals surface area contributed by atoms with Gasteiger partial charge in [-0.05, 0) is 25.0 Å². The van der Waals surface area contributed by atoms with Crippen molar-refractivity contribution in [2.45, 2.75) is 25.4 Å². The second-order valence-electron chi connectivity index (χ2n) is 4.09. The molecule has 0 radical (unpaired) electrons. The van der Waals surface area contributed by atoms with Crippen molar-refractivity contribution in [3.8, 4) is 0 Å². The topological polar surface area (TPSA) is 62.4 Å².